The van der Waals surface area contributed by atoms with Gasteiger partial charge in [0.15, 0.2) is 6.10 Å². The Morgan fingerprint density at radius 1 is 1.16 bits per heavy atom. The van der Waals surface area contributed by atoms with Crippen LogP contribution in [-0.4, -0.2) is 30.0 Å². The first kappa shape index (κ1) is 17.9. The smallest absolute Gasteiger partial charge is 0.337 e. The molecule has 0 aliphatic rings. The SMILES string of the molecule is COC(=O)c1cccc(O[C@H](C)C(=O)Nc2ccccc2[N+](=O)[O-])c1. The number of nitrogens with zero attached hydrogens (tertiary/aromatic N) is 1. The first-order chi connectivity index (χ1) is 11.9. The van der Waals surface area contributed by atoms with Crippen LogP contribution in [0.1, 0.15) is 17.3 Å². The predicted molar refractivity (Wildman–Crippen MR) is 89.6 cm³/mol. The lowest BCUT2D eigenvalue weighted by Crippen LogP contribution is -2.30. The summed E-state index contributed by atoms with van der Waals surface area (Å²) in [6, 6.07) is 12.0. The molecule has 0 aliphatic heterocycles. The van der Waals surface area contributed by atoms with E-state index in [1.165, 1.54) is 38.3 Å². The minimum absolute atomic E-state index is 0.0799. The van der Waals surface area contributed by atoms with Crippen molar-refractivity contribution in [3.8, 4) is 5.75 Å². The number of esters is 1. The van der Waals surface area contributed by atoms with Crippen molar-refractivity contribution >= 4 is 23.3 Å². The van der Waals surface area contributed by atoms with E-state index >= 15 is 0 Å². The topological polar surface area (TPSA) is 108 Å². The molecule has 0 spiro atoms. The predicted octanol–water partition coefficient (Wildman–Crippen LogP) is 2.79. The van der Waals surface area contributed by atoms with Gasteiger partial charge < -0.3 is 14.8 Å². The Morgan fingerprint density at radius 2 is 1.88 bits per heavy atom. The fraction of sp³-hybridized carbons (Fsp3) is 0.176. The van der Waals surface area contributed by atoms with Crippen molar-refractivity contribution in [1.29, 1.82) is 0 Å². The Hall–Kier alpha value is -3.42. The number of para-hydroxylation sites is 2. The average Bonchev–Trinajstić information content (AvgIpc) is 2.61. The van der Waals surface area contributed by atoms with E-state index in [9.17, 15) is 19.7 Å². The number of ether oxygens (including phenoxy) is 2. The van der Waals surface area contributed by atoms with E-state index < -0.39 is 22.9 Å². The molecule has 0 aromatic heterocycles. The summed E-state index contributed by atoms with van der Waals surface area (Å²) in [4.78, 5) is 34.1. The van der Waals surface area contributed by atoms with Gasteiger partial charge in [0.05, 0.1) is 17.6 Å². The zero-order valence-electron chi connectivity index (χ0n) is 13.6. The van der Waals surface area contributed by atoms with Gasteiger partial charge in [0, 0.05) is 6.07 Å². The van der Waals surface area contributed by atoms with Crippen molar-refractivity contribution in [2.24, 2.45) is 0 Å². The Morgan fingerprint density at radius 3 is 2.56 bits per heavy atom. The van der Waals surface area contributed by atoms with E-state index in [0.29, 0.717) is 5.75 Å². The summed E-state index contributed by atoms with van der Waals surface area (Å²) in [5.41, 5.74) is 0.151. The van der Waals surface area contributed by atoms with Crippen molar-refractivity contribution < 1.29 is 24.0 Å². The largest absolute Gasteiger partial charge is 0.481 e. The van der Waals surface area contributed by atoms with Crippen LogP contribution in [0.3, 0.4) is 0 Å². The Bertz CT molecular complexity index is 805. The molecular weight excluding hydrogens is 328 g/mol. The van der Waals surface area contributed by atoms with Crippen molar-refractivity contribution in [3.05, 3.63) is 64.2 Å². The van der Waals surface area contributed by atoms with Gasteiger partial charge in [-0.3, -0.25) is 14.9 Å². The highest BCUT2D eigenvalue weighted by Crippen LogP contribution is 2.23. The van der Waals surface area contributed by atoms with Crippen molar-refractivity contribution in [1.82, 2.24) is 0 Å². The number of benzene rings is 2. The summed E-state index contributed by atoms with van der Waals surface area (Å²) in [6.45, 7) is 1.49. The van der Waals surface area contributed by atoms with Gasteiger partial charge in [0.1, 0.15) is 11.4 Å². The van der Waals surface area contributed by atoms with Crippen LogP contribution < -0.4 is 10.1 Å². The van der Waals surface area contributed by atoms with Crippen LogP contribution >= 0.6 is 0 Å². The van der Waals surface area contributed by atoms with E-state index in [-0.39, 0.29) is 16.9 Å². The standard InChI is InChI=1S/C17H16N2O6/c1-11(25-13-7-5-6-12(10-13)17(21)24-2)16(20)18-14-8-3-4-9-15(14)19(22)23/h3-11H,1-2H3,(H,18,20)/t11-/m1/s1. The number of nitro groups is 1. The highest BCUT2D eigenvalue weighted by Gasteiger charge is 2.20. The Kier molecular flexibility index (Phi) is 5.67. The van der Waals surface area contributed by atoms with Gasteiger partial charge in [-0.25, -0.2) is 4.79 Å². The molecule has 2 aromatic carbocycles. The summed E-state index contributed by atoms with van der Waals surface area (Å²) in [6.07, 6.45) is -0.937. The second-order valence-corrected chi connectivity index (χ2v) is 5.04. The normalized spacial score (nSPS) is 11.3. The minimum atomic E-state index is -0.937. The molecule has 0 unspecified atom stereocenters. The lowest BCUT2D eigenvalue weighted by atomic mass is 10.2. The molecule has 8 heteroatoms. The lowest BCUT2D eigenvalue weighted by Gasteiger charge is -2.15. The number of nitrogens with one attached hydrogen (secondary N) is 1. The fourth-order valence-electron chi connectivity index (χ4n) is 2.04. The summed E-state index contributed by atoms with van der Waals surface area (Å²) in [7, 11) is 1.26. The van der Waals surface area contributed by atoms with E-state index in [1.807, 2.05) is 0 Å². The molecule has 0 fully saturated rings. The van der Waals surface area contributed by atoms with E-state index in [2.05, 4.69) is 10.1 Å². The van der Waals surface area contributed by atoms with Crippen molar-refractivity contribution in [2.75, 3.05) is 12.4 Å². The molecule has 2 rings (SSSR count). The highest BCUT2D eigenvalue weighted by atomic mass is 16.6. The Balaban J connectivity index is 2.09. The molecule has 0 saturated heterocycles. The van der Waals surface area contributed by atoms with Gasteiger partial charge in [-0.1, -0.05) is 18.2 Å². The van der Waals surface area contributed by atoms with E-state index in [4.69, 9.17) is 4.74 Å². The number of hydrogen-bond acceptors (Lipinski definition) is 6. The molecule has 1 amide bonds. The number of rotatable bonds is 6. The first-order valence-electron chi connectivity index (χ1n) is 7.31. The fourth-order valence-corrected chi connectivity index (χ4v) is 2.04. The number of hydrogen-bond donors (Lipinski definition) is 1. The summed E-state index contributed by atoms with van der Waals surface area (Å²) in [5, 5.41) is 13.4. The summed E-state index contributed by atoms with van der Waals surface area (Å²) >= 11 is 0. The molecule has 0 radical (unpaired) electrons. The molecule has 130 valence electrons. The number of anilines is 1. The second kappa shape index (κ2) is 7.91. The van der Waals surface area contributed by atoms with Gasteiger partial charge in [0.2, 0.25) is 0 Å². The van der Waals surface area contributed by atoms with Crippen LogP contribution in [0.5, 0.6) is 5.75 Å². The number of carbonyl (C=O) groups is 2. The molecule has 25 heavy (non-hydrogen) atoms. The Labute approximate surface area is 143 Å². The molecule has 0 heterocycles. The third kappa shape index (κ3) is 4.54. The maximum Gasteiger partial charge on any atom is 0.337 e. The maximum absolute atomic E-state index is 12.2. The van der Waals surface area contributed by atoms with Crippen molar-refractivity contribution in [2.45, 2.75) is 13.0 Å². The van der Waals surface area contributed by atoms with Crippen molar-refractivity contribution in [3.63, 3.8) is 0 Å². The number of carbonyl (C=O) groups excluding carboxylic acids is 2. The minimum Gasteiger partial charge on any atom is -0.481 e. The molecule has 8 nitrogen and oxygen atoms in total. The molecule has 1 atom stereocenters. The summed E-state index contributed by atoms with van der Waals surface area (Å²) in [5.74, 6) is -0.784. The average molecular weight is 344 g/mol. The van der Waals surface area contributed by atoms with Gasteiger partial charge in [-0.2, -0.15) is 0 Å². The lowest BCUT2D eigenvalue weighted by molar-refractivity contribution is -0.383. The van der Waals surface area contributed by atoms with Gasteiger partial charge in [-0.05, 0) is 31.2 Å². The van der Waals surface area contributed by atoms with Crippen LogP contribution in [0, 0.1) is 10.1 Å². The second-order valence-electron chi connectivity index (χ2n) is 5.04. The third-order valence-corrected chi connectivity index (χ3v) is 3.30. The summed E-state index contributed by atoms with van der Waals surface area (Å²) < 4.78 is 10.1. The van der Waals surface area contributed by atoms with Gasteiger partial charge in [-0.15, -0.1) is 0 Å². The van der Waals surface area contributed by atoms with Crippen LogP contribution in [-0.2, 0) is 9.53 Å². The monoisotopic (exact) mass is 344 g/mol. The first-order valence-corrected chi connectivity index (χ1v) is 7.31. The molecule has 0 aliphatic carbocycles. The molecule has 1 N–H and O–H groups in total. The maximum atomic E-state index is 12.2. The third-order valence-electron chi connectivity index (χ3n) is 3.30. The number of amides is 1. The van der Waals surface area contributed by atoms with Crippen LogP contribution in [0.25, 0.3) is 0 Å². The quantitative estimate of drug-likeness (QED) is 0.490. The van der Waals surface area contributed by atoms with Gasteiger partial charge >= 0.3 is 5.97 Å². The number of nitro benzene ring substituents is 1. The van der Waals surface area contributed by atoms with Crippen LogP contribution in [0.2, 0.25) is 0 Å². The molecular formula is C17H16N2O6. The van der Waals surface area contributed by atoms with Gasteiger partial charge in [0.25, 0.3) is 11.6 Å². The molecule has 0 bridgehead atoms. The van der Waals surface area contributed by atoms with Crippen LogP contribution in [0.4, 0.5) is 11.4 Å². The molecule has 2 aromatic rings. The zero-order valence-corrected chi connectivity index (χ0v) is 13.6. The zero-order chi connectivity index (χ0) is 18.4. The van der Waals surface area contributed by atoms with E-state index in [1.54, 1.807) is 24.3 Å². The van der Waals surface area contributed by atoms with E-state index in [0.717, 1.165) is 0 Å². The van der Waals surface area contributed by atoms with Crippen LogP contribution in [0.15, 0.2) is 48.5 Å². The highest BCUT2D eigenvalue weighted by molar-refractivity contribution is 5.96. The number of methoxy groups -OCH3 is 1. The molecule has 0 saturated carbocycles.